The number of hydrogen-bond donors (Lipinski definition) is 1. The molecule has 2 aliphatic heterocycles. The standard InChI is InChI=1S/C16H31N3/c1-3-15-9-17-16(14-5-6-14)12-19(15)11-13-7-8-18(4-2)10-13/h13-17H,3-12H2,1-2H3. The van der Waals surface area contributed by atoms with E-state index in [2.05, 4.69) is 29.0 Å². The van der Waals surface area contributed by atoms with Crippen LogP contribution < -0.4 is 5.32 Å². The Labute approximate surface area is 118 Å². The number of piperazine rings is 1. The monoisotopic (exact) mass is 265 g/mol. The van der Waals surface area contributed by atoms with Gasteiger partial charge >= 0.3 is 0 Å². The van der Waals surface area contributed by atoms with Gasteiger partial charge in [-0.05, 0) is 50.6 Å². The zero-order valence-electron chi connectivity index (χ0n) is 12.8. The summed E-state index contributed by atoms with van der Waals surface area (Å²) in [5, 5.41) is 3.80. The highest BCUT2D eigenvalue weighted by Crippen LogP contribution is 2.34. The molecule has 3 nitrogen and oxygen atoms in total. The van der Waals surface area contributed by atoms with Gasteiger partial charge in [0.1, 0.15) is 0 Å². The van der Waals surface area contributed by atoms with Crippen molar-refractivity contribution < 1.29 is 0 Å². The Morgan fingerprint density at radius 2 is 1.95 bits per heavy atom. The molecule has 1 N–H and O–H groups in total. The van der Waals surface area contributed by atoms with E-state index in [1.165, 1.54) is 65.0 Å². The van der Waals surface area contributed by atoms with Gasteiger partial charge in [0.25, 0.3) is 0 Å². The highest BCUT2D eigenvalue weighted by atomic mass is 15.2. The summed E-state index contributed by atoms with van der Waals surface area (Å²) >= 11 is 0. The van der Waals surface area contributed by atoms with Gasteiger partial charge in [-0.3, -0.25) is 4.90 Å². The number of likely N-dealkylation sites (tertiary alicyclic amines) is 1. The minimum Gasteiger partial charge on any atom is -0.311 e. The zero-order chi connectivity index (χ0) is 13.2. The van der Waals surface area contributed by atoms with Gasteiger partial charge < -0.3 is 10.2 Å². The van der Waals surface area contributed by atoms with Crippen molar-refractivity contribution in [3.63, 3.8) is 0 Å². The summed E-state index contributed by atoms with van der Waals surface area (Å²) in [5.74, 6) is 1.92. The van der Waals surface area contributed by atoms with Crippen molar-refractivity contribution in [2.75, 3.05) is 39.3 Å². The lowest BCUT2D eigenvalue weighted by atomic mass is 10.0. The summed E-state index contributed by atoms with van der Waals surface area (Å²) in [6, 6.07) is 1.58. The van der Waals surface area contributed by atoms with Crippen molar-refractivity contribution >= 4 is 0 Å². The van der Waals surface area contributed by atoms with Crippen LogP contribution in [0.4, 0.5) is 0 Å². The fourth-order valence-corrected chi connectivity index (χ4v) is 4.00. The first-order valence-corrected chi connectivity index (χ1v) is 8.50. The normalized spacial score (nSPS) is 37.9. The van der Waals surface area contributed by atoms with Crippen LogP contribution in [0.5, 0.6) is 0 Å². The van der Waals surface area contributed by atoms with E-state index < -0.39 is 0 Å². The Kier molecular flexibility index (Phi) is 4.45. The fourth-order valence-electron chi connectivity index (χ4n) is 4.00. The molecular formula is C16H31N3. The van der Waals surface area contributed by atoms with Gasteiger partial charge in [-0.1, -0.05) is 13.8 Å². The van der Waals surface area contributed by atoms with Crippen LogP contribution in [0.1, 0.15) is 39.5 Å². The first kappa shape index (κ1) is 13.8. The van der Waals surface area contributed by atoms with Gasteiger partial charge in [-0.15, -0.1) is 0 Å². The number of nitrogens with zero attached hydrogens (tertiary/aromatic N) is 2. The number of rotatable bonds is 5. The summed E-state index contributed by atoms with van der Waals surface area (Å²) in [6.07, 6.45) is 5.65. The Morgan fingerprint density at radius 3 is 2.58 bits per heavy atom. The summed E-state index contributed by atoms with van der Waals surface area (Å²) in [6.45, 7) is 12.4. The Balaban J connectivity index is 1.53. The summed E-state index contributed by atoms with van der Waals surface area (Å²) in [4.78, 5) is 5.44. The van der Waals surface area contributed by atoms with Crippen LogP contribution in [0.25, 0.3) is 0 Å². The predicted molar refractivity (Wildman–Crippen MR) is 80.4 cm³/mol. The molecule has 1 saturated carbocycles. The third-order valence-corrected chi connectivity index (χ3v) is 5.54. The predicted octanol–water partition coefficient (Wildman–Crippen LogP) is 1.79. The molecule has 0 aromatic carbocycles. The van der Waals surface area contributed by atoms with Gasteiger partial charge in [0.15, 0.2) is 0 Å². The molecule has 2 heterocycles. The summed E-state index contributed by atoms with van der Waals surface area (Å²) in [5.41, 5.74) is 0. The van der Waals surface area contributed by atoms with Gasteiger partial charge in [-0.2, -0.15) is 0 Å². The van der Waals surface area contributed by atoms with Crippen molar-refractivity contribution in [2.45, 2.75) is 51.6 Å². The molecule has 0 amide bonds. The second-order valence-corrected chi connectivity index (χ2v) is 6.92. The zero-order valence-corrected chi connectivity index (χ0v) is 12.8. The molecule has 3 heteroatoms. The van der Waals surface area contributed by atoms with Crippen molar-refractivity contribution in [2.24, 2.45) is 11.8 Å². The smallest absolute Gasteiger partial charge is 0.0224 e. The second-order valence-electron chi connectivity index (χ2n) is 6.92. The minimum absolute atomic E-state index is 0.783. The van der Waals surface area contributed by atoms with Gasteiger partial charge in [0.2, 0.25) is 0 Å². The summed E-state index contributed by atoms with van der Waals surface area (Å²) in [7, 11) is 0. The summed E-state index contributed by atoms with van der Waals surface area (Å²) < 4.78 is 0. The molecule has 0 radical (unpaired) electrons. The third kappa shape index (κ3) is 3.32. The Morgan fingerprint density at radius 1 is 1.11 bits per heavy atom. The molecule has 0 aromatic rings. The minimum atomic E-state index is 0.783. The van der Waals surface area contributed by atoms with Crippen LogP contribution in [-0.4, -0.2) is 61.2 Å². The first-order valence-electron chi connectivity index (χ1n) is 8.50. The maximum absolute atomic E-state index is 3.80. The van der Waals surface area contributed by atoms with Crippen molar-refractivity contribution in [1.82, 2.24) is 15.1 Å². The van der Waals surface area contributed by atoms with Crippen molar-refractivity contribution in [3.05, 3.63) is 0 Å². The highest BCUT2D eigenvalue weighted by molar-refractivity contribution is 4.95. The second kappa shape index (κ2) is 6.11. The molecule has 3 atom stereocenters. The average Bonchev–Trinajstić information content (AvgIpc) is 3.19. The molecule has 3 rings (SSSR count). The number of nitrogens with one attached hydrogen (secondary N) is 1. The maximum atomic E-state index is 3.80. The fraction of sp³-hybridized carbons (Fsp3) is 1.00. The molecule has 19 heavy (non-hydrogen) atoms. The van der Waals surface area contributed by atoms with Crippen LogP contribution in [-0.2, 0) is 0 Å². The number of hydrogen-bond acceptors (Lipinski definition) is 3. The lowest BCUT2D eigenvalue weighted by molar-refractivity contribution is 0.101. The topological polar surface area (TPSA) is 18.5 Å². The molecule has 0 aromatic heterocycles. The van der Waals surface area contributed by atoms with Crippen LogP contribution in [0.15, 0.2) is 0 Å². The van der Waals surface area contributed by atoms with Crippen molar-refractivity contribution in [3.8, 4) is 0 Å². The van der Waals surface area contributed by atoms with E-state index in [9.17, 15) is 0 Å². The van der Waals surface area contributed by atoms with E-state index in [1.54, 1.807) is 0 Å². The molecule has 0 bridgehead atoms. The lowest BCUT2D eigenvalue weighted by Gasteiger charge is -2.41. The molecule has 3 unspecified atom stereocenters. The Hall–Kier alpha value is -0.120. The molecule has 0 spiro atoms. The van der Waals surface area contributed by atoms with Gasteiger partial charge in [0, 0.05) is 38.3 Å². The van der Waals surface area contributed by atoms with E-state index in [0.717, 1.165) is 23.9 Å². The highest BCUT2D eigenvalue weighted by Gasteiger charge is 2.37. The van der Waals surface area contributed by atoms with E-state index >= 15 is 0 Å². The first-order chi connectivity index (χ1) is 9.30. The molecule has 3 fully saturated rings. The van der Waals surface area contributed by atoms with Crippen molar-refractivity contribution in [1.29, 1.82) is 0 Å². The molecular weight excluding hydrogens is 234 g/mol. The van der Waals surface area contributed by atoms with Crippen LogP contribution in [0, 0.1) is 11.8 Å². The van der Waals surface area contributed by atoms with Gasteiger partial charge in [0.05, 0.1) is 0 Å². The van der Waals surface area contributed by atoms with E-state index in [0.29, 0.717) is 0 Å². The van der Waals surface area contributed by atoms with Crippen LogP contribution in [0.2, 0.25) is 0 Å². The third-order valence-electron chi connectivity index (χ3n) is 5.54. The van der Waals surface area contributed by atoms with Crippen LogP contribution >= 0.6 is 0 Å². The Bertz CT molecular complexity index is 290. The van der Waals surface area contributed by atoms with Gasteiger partial charge in [-0.25, -0.2) is 0 Å². The quantitative estimate of drug-likeness (QED) is 0.817. The maximum Gasteiger partial charge on any atom is 0.0224 e. The lowest BCUT2D eigenvalue weighted by Crippen LogP contribution is -2.58. The van der Waals surface area contributed by atoms with E-state index in [4.69, 9.17) is 0 Å². The molecule has 110 valence electrons. The molecule has 2 saturated heterocycles. The van der Waals surface area contributed by atoms with E-state index in [1.807, 2.05) is 0 Å². The average molecular weight is 265 g/mol. The molecule has 1 aliphatic carbocycles. The van der Waals surface area contributed by atoms with E-state index in [-0.39, 0.29) is 0 Å². The molecule has 3 aliphatic rings. The largest absolute Gasteiger partial charge is 0.311 e. The van der Waals surface area contributed by atoms with Crippen LogP contribution in [0.3, 0.4) is 0 Å². The SMILES string of the molecule is CCC1CNC(C2CC2)CN1CC1CCN(CC)C1.